The summed E-state index contributed by atoms with van der Waals surface area (Å²) in [6.45, 7) is 7.89. The summed E-state index contributed by atoms with van der Waals surface area (Å²) in [5.41, 5.74) is 0.206. The Kier molecular flexibility index (Phi) is 4.13. The molecule has 0 spiro atoms. The van der Waals surface area contributed by atoms with E-state index in [0.717, 1.165) is 12.8 Å². The van der Waals surface area contributed by atoms with Gasteiger partial charge in [0.2, 0.25) is 10.0 Å². The molecule has 1 aliphatic carbocycles. The molecular formula is C16H24BNO5S. The molecule has 2 fully saturated rings. The molecule has 132 valence electrons. The molecular weight excluding hydrogens is 329 g/mol. The lowest BCUT2D eigenvalue weighted by molar-refractivity contribution is 0.00578. The van der Waals surface area contributed by atoms with Crippen LogP contribution in [0, 0.1) is 0 Å². The third-order valence-electron chi connectivity index (χ3n) is 4.96. The van der Waals surface area contributed by atoms with E-state index in [1.54, 1.807) is 25.3 Å². The molecule has 1 aromatic carbocycles. The number of anilines is 1. The smallest absolute Gasteiger partial charge is 0.497 e. The molecule has 1 aromatic rings. The predicted octanol–water partition coefficient (Wildman–Crippen LogP) is 1.90. The van der Waals surface area contributed by atoms with Gasteiger partial charge in [-0.2, -0.15) is 0 Å². The quantitative estimate of drug-likeness (QED) is 0.819. The van der Waals surface area contributed by atoms with Crippen LogP contribution in [-0.2, 0) is 19.3 Å². The molecule has 1 N–H and O–H groups in total. The lowest BCUT2D eigenvalue weighted by Gasteiger charge is -2.32. The number of nitrogens with one attached hydrogen (secondary N) is 1. The van der Waals surface area contributed by atoms with Gasteiger partial charge < -0.3 is 14.0 Å². The lowest BCUT2D eigenvalue weighted by Crippen LogP contribution is -2.41. The highest BCUT2D eigenvalue weighted by Crippen LogP contribution is 2.37. The Morgan fingerprint density at radius 3 is 2.25 bits per heavy atom. The number of methoxy groups -OCH3 is 1. The van der Waals surface area contributed by atoms with Gasteiger partial charge in [-0.25, -0.2) is 8.42 Å². The Morgan fingerprint density at radius 2 is 1.75 bits per heavy atom. The van der Waals surface area contributed by atoms with Crippen LogP contribution in [0.3, 0.4) is 0 Å². The van der Waals surface area contributed by atoms with E-state index in [2.05, 4.69) is 4.72 Å². The van der Waals surface area contributed by atoms with E-state index >= 15 is 0 Å². The number of ether oxygens (including phenoxy) is 1. The summed E-state index contributed by atoms with van der Waals surface area (Å²) in [4.78, 5) is 0. The minimum Gasteiger partial charge on any atom is -0.497 e. The monoisotopic (exact) mass is 353 g/mol. The minimum atomic E-state index is -3.32. The van der Waals surface area contributed by atoms with Crippen molar-refractivity contribution in [1.82, 2.24) is 0 Å². The zero-order valence-corrected chi connectivity index (χ0v) is 15.6. The second-order valence-electron chi connectivity index (χ2n) is 7.39. The first-order chi connectivity index (χ1) is 11.1. The highest BCUT2D eigenvalue weighted by atomic mass is 32.2. The van der Waals surface area contributed by atoms with Crippen LogP contribution in [-0.4, -0.2) is 39.1 Å². The van der Waals surface area contributed by atoms with Crippen LogP contribution in [0.25, 0.3) is 0 Å². The molecule has 1 saturated heterocycles. The highest BCUT2D eigenvalue weighted by Gasteiger charge is 2.52. The van der Waals surface area contributed by atoms with E-state index in [9.17, 15) is 8.42 Å². The first kappa shape index (κ1) is 17.6. The van der Waals surface area contributed by atoms with Crippen molar-refractivity contribution >= 4 is 28.3 Å². The SMILES string of the molecule is COc1ccc(NS(=O)(=O)C2CC2)cc1B1OC(C)(C)C(C)(C)O1. The molecule has 2 aliphatic rings. The zero-order valence-electron chi connectivity index (χ0n) is 14.8. The van der Waals surface area contributed by atoms with Gasteiger partial charge in [0, 0.05) is 11.2 Å². The fourth-order valence-electron chi connectivity index (χ4n) is 2.58. The van der Waals surface area contributed by atoms with E-state index in [4.69, 9.17) is 14.0 Å². The molecule has 0 radical (unpaired) electrons. The maximum Gasteiger partial charge on any atom is 0.498 e. The Labute approximate surface area is 144 Å². The Morgan fingerprint density at radius 1 is 1.17 bits per heavy atom. The maximum atomic E-state index is 12.2. The minimum absolute atomic E-state index is 0.278. The van der Waals surface area contributed by atoms with Gasteiger partial charge in [-0.1, -0.05) is 0 Å². The Balaban J connectivity index is 1.91. The van der Waals surface area contributed by atoms with Gasteiger partial charge >= 0.3 is 7.12 Å². The van der Waals surface area contributed by atoms with E-state index in [1.165, 1.54) is 0 Å². The fraction of sp³-hybridized carbons (Fsp3) is 0.625. The third kappa shape index (κ3) is 3.14. The van der Waals surface area contributed by atoms with Crippen molar-refractivity contribution in [3.05, 3.63) is 18.2 Å². The molecule has 0 aromatic heterocycles. The molecule has 0 atom stereocenters. The van der Waals surface area contributed by atoms with Crippen LogP contribution in [0.15, 0.2) is 18.2 Å². The summed E-state index contributed by atoms with van der Waals surface area (Å²) in [7, 11) is -2.37. The van der Waals surface area contributed by atoms with Crippen molar-refractivity contribution in [1.29, 1.82) is 0 Å². The van der Waals surface area contributed by atoms with Gasteiger partial charge in [0.25, 0.3) is 0 Å². The first-order valence-electron chi connectivity index (χ1n) is 8.11. The van der Waals surface area contributed by atoms with Gasteiger partial charge in [0.1, 0.15) is 5.75 Å². The second-order valence-corrected chi connectivity index (χ2v) is 9.35. The van der Waals surface area contributed by atoms with E-state index in [1.807, 2.05) is 27.7 Å². The molecule has 0 unspecified atom stereocenters. The van der Waals surface area contributed by atoms with Crippen molar-refractivity contribution in [2.75, 3.05) is 11.8 Å². The summed E-state index contributed by atoms with van der Waals surface area (Å²) in [6.07, 6.45) is 1.44. The van der Waals surface area contributed by atoms with Gasteiger partial charge in [-0.05, 0) is 58.7 Å². The van der Waals surface area contributed by atoms with Crippen LogP contribution in [0.1, 0.15) is 40.5 Å². The topological polar surface area (TPSA) is 73.9 Å². The second kappa shape index (κ2) is 5.64. The molecule has 24 heavy (non-hydrogen) atoms. The summed E-state index contributed by atoms with van der Waals surface area (Å²) in [6, 6.07) is 5.14. The third-order valence-corrected chi connectivity index (χ3v) is 6.83. The molecule has 1 heterocycles. The summed E-state index contributed by atoms with van der Waals surface area (Å²) in [5.74, 6) is 0.600. The zero-order chi connectivity index (χ0) is 17.8. The van der Waals surface area contributed by atoms with Crippen LogP contribution >= 0.6 is 0 Å². The van der Waals surface area contributed by atoms with Gasteiger partial charge in [-0.3, -0.25) is 4.72 Å². The number of benzene rings is 1. The van der Waals surface area contributed by atoms with E-state index in [-0.39, 0.29) is 5.25 Å². The van der Waals surface area contributed by atoms with Crippen molar-refractivity contribution in [2.45, 2.75) is 57.0 Å². The highest BCUT2D eigenvalue weighted by molar-refractivity contribution is 7.93. The van der Waals surface area contributed by atoms with Crippen LogP contribution < -0.4 is 14.9 Å². The molecule has 3 rings (SSSR count). The number of sulfonamides is 1. The van der Waals surface area contributed by atoms with Gasteiger partial charge in [0.15, 0.2) is 0 Å². The van der Waals surface area contributed by atoms with Gasteiger partial charge in [0.05, 0.1) is 23.6 Å². The number of rotatable bonds is 5. The van der Waals surface area contributed by atoms with Crippen molar-refractivity contribution in [3.8, 4) is 5.75 Å². The molecule has 6 nitrogen and oxygen atoms in total. The molecule has 1 aliphatic heterocycles. The predicted molar refractivity (Wildman–Crippen MR) is 94.3 cm³/mol. The fourth-order valence-corrected chi connectivity index (χ4v) is 3.96. The summed E-state index contributed by atoms with van der Waals surface area (Å²) >= 11 is 0. The van der Waals surface area contributed by atoms with Gasteiger partial charge in [-0.15, -0.1) is 0 Å². The van der Waals surface area contributed by atoms with Crippen molar-refractivity contribution in [2.24, 2.45) is 0 Å². The average Bonchev–Trinajstić information content (AvgIpc) is 3.27. The van der Waals surface area contributed by atoms with Crippen LogP contribution in [0.4, 0.5) is 5.69 Å². The average molecular weight is 353 g/mol. The summed E-state index contributed by atoms with van der Waals surface area (Å²) in [5, 5.41) is -0.278. The molecule has 1 saturated carbocycles. The normalized spacial score (nSPS) is 22.5. The maximum absolute atomic E-state index is 12.2. The van der Waals surface area contributed by atoms with E-state index < -0.39 is 28.3 Å². The molecule has 8 heteroatoms. The van der Waals surface area contributed by atoms with Crippen molar-refractivity contribution < 1.29 is 22.5 Å². The number of hydrogen-bond donors (Lipinski definition) is 1. The molecule has 0 bridgehead atoms. The van der Waals surface area contributed by atoms with Crippen LogP contribution in [0.2, 0.25) is 0 Å². The first-order valence-corrected chi connectivity index (χ1v) is 9.65. The number of hydrogen-bond acceptors (Lipinski definition) is 5. The Hall–Kier alpha value is -1.25. The lowest BCUT2D eigenvalue weighted by atomic mass is 9.78. The Bertz CT molecular complexity index is 727. The van der Waals surface area contributed by atoms with Crippen molar-refractivity contribution in [3.63, 3.8) is 0 Å². The van der Waals surface area contributed by atoms with Crippen LogP contribution in [0.5, 0.6) is 5.75 Å². The summed E-state index contributed by atoms with van der Waals surface area (Å²) < 4.78 is 44.5. The standard InChI is InChI=1S/C16H24BNO5S/c1-15(2)16(3,4)23-17(22-15)13-10-11(6-9-14(13)21-5)18-24(19,20)12-7-8-12/h6,9-10,12,18H,7-8H2,1-5H3. The largest absolute Gasteiger partial charge is 0.498 e. The van der Waals surface area contributed by atoms with E-state index in [0.29, 0.717) is 16.9 Å². The molecule has 0 amide bonds.